The number of hydrogen-bond acceptors (Lipinski definition) is 5. The van der Waals surface area contributed by atoms with Gasteiger partial charge in [0.15, 0.2) is 0 Å². The van der Waals surface area contributed by atoms with Crippen molar-refractivity contribution in [2.45, 2.75) is 33.6 Å². The highest BCUT2D eigenvalue weighted by molar-refractivity contribution is 6.06. The third kappa shape index (κ3) is 3.22. The number of carbonyl (C=O) groups is 1. The Morgan fingerprint density at radius 2 is 1.96 bits per heavy atom. The molecule has 3 rings (SSSR count). The van der Waals surface area contributed by atoms with Crippen LogP contribution in [0.15, 0.2) is 35.0 Å². The van der Waals surface area contributed by atoms with Crippen LogP contribution in [-0.2, 0) is 0 Å². The highest BCUT2D eigenvalue weighted by Gasteiger charge is 2.25. The van der Waals surface area contributed by atoms with E-state index in [0.29, 0.717) is 23.3 Å². The number of nitrogens with one attached hydrogen (secondary N) is 1. The third-order valence-electron chi connectivity index (χ3n) is 3.87. The molecule has 7 nitrogen and oxygen atoms in total. The van der Waals surface area contributed by atoms with Gasteiger partial charge in [0, 0.05) is 30.1 Å². The van der Waals surface area contributed by atoms with Gasteiger partial charge in [0.2, 0.25) is 5.88 Å². The molecule has 3 heterocycles. The molecule has 0 atom stereocenters. The van der Waals surface area contributed by atoms with Gasteiger partial charge in [-0.3, -0.25) is 9.36 Å². The van der Waals surface area contributed by atoms with Gasteiger partial charge in [0.05, 0.1) is 0 Å². The Bertz CT molecular complexity index is 994. The molecule has 0 radical (unpaired) electrons. The maximum atomic E-state index is 12.8. The lowest BCUT2D eigenvalue weighted by molar-refractivity contribution is 0.102. The monoisotopic (exact) mass is 349 g/mol. The number of carbonyl (C=O) groups excluding carboxylic acids is 1. The number of aromatic nitrogens is 3. The van der Waals surface area contributed by atoms with Gasteiger partial charge < -0.3 is 9.73 Å². The number of nitrogens with zero attached hydrogens (tertiary/aromatic N) is 4. The van der Waals surface area contributed by atoms with Gasteiger partial charge in [0.1, 0.15) is 34.6 Å². The first-order chi connectivity index (χ1) is 12.4. The Balaban J connectivity index is 1.98. The molecule has 0 saturated carbocycles. The summed E-state index contributed by atoms with van der Waals surface area (Å²) in [5, 5.41) is 12.3. The highest BCUT2D eigenvalue weighted by Crippen LogP contribution is 2.26. The van der Waals surface area contributed by atoms with Gasteiger partial charge in [-0.25, -0.2) is 9.97 Å². The fraction of sp³-hybridized carbons (Fsp3) is 0.263. The van der Waals surface area contributed by atoms with Gasteiger partial charge in [-0.2, -0.15) is 5.26 Å². The maximum absolute atomic E-state index is 12.8. The van der Waals surface area contributed by atoms with Gasteiger partial charge >= 0.3 is 0 Å². The van der Waals surface area contributed by atoms with Crippen molar-refractivity contribution >= 4 is 11.7 Å². The minimum absolute atomic E-state index is 0.135. The van der Waals surface area contributed by atoms with Crippen LogP contribution in [0.2, 0.25) is 0 Å². The van der Waals surface area contributed by atoms with E-state index in [0.717, 1.165) is 5.69 Å². The van der Waals surface area contributed by atoms with Crippen LogP contribution in [0.4, 0.5) is 5.82 Å². The lowest BCUT2D eigenvalue weighted by Crippen LogP contribution is -2.16. The summed E-state index contributed by atoms with van der Waals surface area (Å²) in [6.07, 6.45) is 3.51. The number of hydrogen-bond donors (Lipinski definition) is 1. The second-order valence-electron chi connectivity index (χ2n) is 6.28. The zero-order valence-corrected chi connectivity index (χ0v) is 15.1. The van der Waals surface area contributed by atoms with Crippen molar-refractivity contribution in [2.75, 3.05) is 5.32 Å². The van der Waals surface area contributed by atoms with Gasteiger partial charge in [-0.1, -0.05) is 13.8 Å². The molecule has 132 valence electrons. The topological polar surface area (TPSA) is 96.7 Å². The van der Waals surface area contributed by atoms with Crippen LogP contribution in [0.25, 0.3) is 5.88 Å². The summed E-state index contributed by atoms with van der Waals surface area (Å²) >= 11 is 0. The first-order valence-electron chi connectivity index (χ1n) is 8.24. The lowest BCUT2D eigenvalue weighted by atomic mass is 10.1. The van der Waals surface area contributed by atoms with E-state index in [9.17, 15) is 10.1 Å². The van der Waals surface area contributed by atoms with Gasteiger partial charge in [0.25, 0.3) is 5.91 Å². The summed E-state index contributed by atoms with van der Waals surface area (Å²) in [6, 6.07) is 7.40. The Morgan fingerprint density at radius 3 is 2.58 bits per heavy atom. The molecule has 7 heteroatoms. The Hall–Kier alpha value is -3.40. The molecule has 1 N–H and O–H groups in total. The molecule has 0 aliphatic carbocycles. The van der Waals surface area contributed by atoms with Crippen molar-refractivity contribution in [3.8, 4) is 12.0 Å². The molecule has 0 saturated heterocycles. The molecule has 0 unspecified atom stereocenters. The molecular weight excluding hydrogens is 330 g/mol. The van der Waals surface area contributed by atoms with Crippen molar-refractivity contribution in [3.05, 3.63) is 59.0 Å². The fourth-order valence-electron chi connectivity index (χ4n) is 2.65. The van der Waals surface area contributed by atoms with E-state index in [1.54, 1.807) is 30.0 Å². The predicted octanol–water partition coefficient (Wildman–Crippen LogP) is 3.72. The van der Waals surface area contributed by atoms with Gasteiger partial charge in [-0.05, 0) is 26.0 Å². The Labute approximate surface area is 151 Å². The summed E-state index contributed by atoms with van der Waals surface area (Å²) in [5.41, 5.74) is 1.15. The largest absolute Gasteiger partial charge is 0.443 e. The molecule has 3 aromatic rings. The number of furan rings is 1. The molecule has 0 bridgehead atoms. The Kier molecular flexibility index (Phi) is 4.59. The standard InChI is InChI=1S/C19H19N5O2/c1-11(2)17-21-12(3)9-15(22-17)23-18(25)16-13(4)26-19(14(16)10-20)24-7-5-6-8-24/h5-9,11H,1-4H3,(H,21,22,23,25). The molecular formula is C19H19N5O2. The minimum Gasteiger partial charge on any atom is -0.443 e. The molecule has 0 fully saturated rings. The smallest absolute Gasteiger partial charge is 0.261 e. The third-order valence-corrected chi connectivity index (χ3v) is 3.87. The molecule has 3 aromatic heterocycles. The second-order valence-corrected chi connectivity index (χ2v) is 6.28. The molecule has 0 spiro atoms. The normalized spacial score (nSPS) is 10.8. The molecule has 1 amide bonds. The molecule has 0 aliphatic heterocycles. The minimum atomic E-state index is -0.436. The predicted molar refractivity (Wildman–Crippen MR) is 96.3 cm³/mol. The quantitative estimate of drug-likeness (QED) is 0.774. The fourth-order valence-corrected chi connectivity index (χ4v) is 2.65. The van der Waals surface area contributed by atoms with E-state index in [1.165, 1.54) is 0 Å². The van der Waals surface area contributed by atoms with Crippen molar-refractivity contribution in [3.63, 3.8) is 0 Å². The highest BCUT2D eigenvalue weighted by atomic mass is 16.4. The van der Waals surface area contributed by atoms with Crippen LogP contribution in [-0.4, -0.2) is 20.4 Å². The lowest BCUT2D eigenvalue weighted by Gasteiger charge is -2.09. The first kappa shape index (κ1) is 17.4. The number of nitriles is 1. The van der Waals surface area contributed by atoms with E-state index in [1.807, 2.05) is 32.9 Å². The van der Waals surface area contributed by atoms with Gasteiger partial charge in [-0.15, -0.1) is 0 Å². The summed E-state index contributed by atoms with van der Waals surface area (Å²) in [5.74, 6) is 1.45. The van der Waals surface area contributed by atoms with Crippen LogP contribution in [0.5, 0.6) is 0 Å². The van der Waals surface area contributed by atoms with Crippen LogP contribution < -0.4 is 5.32 Å². The zero-order chi connectivity index (χ0) is 18.8. The zero-order valence-electron chi connectivity index (χ0n) is 15.1. The van der Waals surface area contributed by atoms with Crippen LogP contribution >= 0.6 is 0 Å². The number of amides is 1. The average Bonchev–Trinajstić information content (AvgIpc) is 3.21. The van der Waals surface area contributed by atoms with E-state index in [-0.39, 0.29) is 17.0 Å². The maximum Gasteiger partial charge on any atom is 0.261 e. The number of aryl methyl sites for hydroxylation is 2. The summed E-state index contributed by atoms with van der Waals surface area (Å²) in [7, 11) is 0. The van der Waals surface area contributed by atoms with Crippen LogP contribution in [0.3, 0.4) is 0 Å². The molecule has 0 aromatic carbocycles. The van der Waals surface area contributed by atoms with Crippen LogP contribution in [0, 0.1) is 25.2 Å². The van der Waals surface area contributed by atoms with Crippen molar-refractivity contribution < 1.29 is 9.21 Å². The average molecular weight is 349 g/mol. The summed E-state index contributed by atoms with van der Waals surface area (Å²) < 4.78 is 7.33. The van der Waals surface area contributed by atoms with Crippen molar-refractivity contribution in [1.29, 1.82) is 5.26 Å². The second kappa shape index (κ2) is 6.84. The molecule has 0 aliphatic rings. The van der Waals surface area contributed by atoms with E-state index in [4.69, 9.17) is 4.42 Å². The summed E-state index contributed by atoms with van der Waals surface area (Å²) in [6.45, 7) is 7.47. The van der Waals surface area contributed by atoms with E-state index >= 15 is 0 Å². The number of anilines is 1. The SMILES string of the molecule is Cc1cc(NC(=O)c2c(C)oc(-n3cccc3)c2C#N)nc(C(C)C)n1. The first-order valence-corrected chi connectivity index (χ1v) is 8.24. The van der Waals surface area contributed by atoms with Crippen molar-refractivity contribution in [1.82, 2.24) is 14.5 Å². The van der Waals surface area contributed by atoms with E-state index < -0.39 is 5.91 Å². The summed E-state index contributed by atoms with van der Waals surface area (Å²) in [4.78, 5) is 21.5. The number of rotatable bonds is 4. The van der Waals surface area contributed by atoms with E-state index in [2.05, 4.69) is 21.4 Å². The van der Waals surface area contributed by atoms with Crippen LogP contribution in [0.1, 0.15) is 53.0 Å². The van der Waals surface area contributed by atoms with Crippen molar-refractivity contribution in [2.24, 2.45) is 0 Å². The Morgan fingerprint density at radius 1 is 1.27 bits per heavy atom. The molecule has 26 heavy (non-hydrogen) atoms.